The van der Waals surface area contributed by atoms with Gasteiger partial charge in [-0.05, 0) is 30.2 Å². The van der Waals surface area contributed by atoms with Crippen molar-refractivity contribution in [1.29, 1.82) is 0 Å². The molecule has 2 aromatic heterocycles. The molecule has 1 aliphatic rings. The van der Waals surface area contributed by atoms with Gasteiger partial charge in [0.05, 0.1) is 0 Å². The summed E-state index contributed by atoms with van der Waals surface area (Å²) >= 11 is 3.04. The molecule has 2 heterocycles. The van der Waals surface area contributed by atoms with Crippen LogP contribution in [-0.4, -0.2) is 4.98 Å². The van der Waals surface area contributed by atoms with Crippen molar-refractivity contribution in [2.24, 2.45) is 5.92 Å². The van der Waals surface area contributed by atoms with E-state index in [0.717, 1.165) is 18.2 Å². The lowest BCUT2D eigenvalue weighted by atomic mass is 10.1. The molecule has 1 aliphatic carbocycles. The van der Waals surface area contributed by atoms with E-state index in [1.165, 1.54) is 29.1 Å². The van der Waals surface area contributed by atoms with Crippen LogP contribution in [0, 0.1) is 5.92 Å². The third kappa shape index (κ3) is 2.68. The first-order valence-corrected chi connectivity index (χ1v) is 7.52. The number of aromatic amines is 1. The van der Waals surface area contributed by atoms with E-state index >= 15 is 0 Å². The summed E-state index contributed by atoms with van der Waals surface area (Å²) in [7, 11) is 0. The molecule has 5 heteroatoms. The first-order chi connectivity index (χ1) is 8.33. The van der Waals surface area contributed by atoms with Crippen LogP contribution >= 0.6 is 22.7 Å². The average Bonchev–Trinajstić information content (AvgIpc) is 2.85. The molecular formula is C12H14N2OS2. The van der Waals surface area contributed by atoms with Crippen LogP contribution < -0.4 is 10.2 Å². The Balaban J connectivity index is 1.67. The standard InChI is InChI=1S/C12H14N2OS2/c15-12-14-9(7-17-12)6-13-11(8-3-4-8)10-2-1-5-16-10/h1-2,5,7-8,11,13H,3-4,6H2,(H,14,15). The maximum absolute atomic E-state index is 11.0. The number of hydrogen-bond acceptors (Lipinski definition) is 4. The third-order valence-electron chi connectivity index (χ3n) is 3.03. The molecule has 0 aliphatic heterocycles. The van der Waals surface area contributed by atoms with Crippen molar-refractivity contribution >= 4 is 22.7 Å². The van der Waals surface area contributed by atoms with Gasteiger partial charge in [-0.2, -0.15) is 0 Å². The Hall–Kier alpha value is -0.910. The van der Waals surface area contributed by atoms with Gasteiger partial charge in [0.25, 0.3) is 0 Å². The predicted octanol–water partition coefficient (Wildman–Crippen LogP) is 2.74. The molecule has 0 aromatic carbocycles. The van der Waals surface area contributed by atoms with Crippen molar-refractivity contribution in [3.63, 3.8) is 0 Å². The maximum Gasteiger partial charge on any atom is 0.304 e. The van der Waals surface area contributed by atoms with Crippen LogP contribution in [0.1, 0.15) is 29.5 Å². The van der Waals surface area contributed by atoms with E-state index in [2.05, 4.69) is 27.8 Å². The van der Waals surface area contributed by atoms with Crippen molar-refractivity contribution < 1.29 is 0 Å². The molecule has 3 nitrogen and oxygen atoms in total. The topological polar surface area (TPSA) is 44.9 Å². The third-order valence-corrected chi connectivity index (χ3v) is 4.70. The van der Waals surface area contributed by atoms with Crippen molar-refractivity contribution in [2.45, 2.75) is 25.4 Å². The molecule has 0 radical (unpaired) electrons. The average molecular weight is 266 g/mol. The summed E-state index contributed by atoms with van der Waals surface area (Å²) in [5.41, 5.74) is 0.988. The first kappa shape index (κ1) is 11.2. The summed E-state index contributed by atoms with van der Waals surface area (Å²) in [6.45, 7) is 0.748. The van der Waals surface area contributed by atoms with Crippen molar-refractivity contribution in [2.75, 3.05) is 0 Å². The lowest BCUT2D eigenvalue weighted by Crippen LogP contribution is -2.22. The minimum Gasteiger partial charge on any atom is -0.315 e. The number of hydrogen-bond donors (Lipinski definition) is 2. The molecular weight excluding hydrogens is 252 g/mol. The van der Waals surface area contributed by atoms with E-state index in [9.17, 15) is 4.79 Å². The van der Waals surface area contributed by atoms with Gasteiger partial charge in [-0.3, -0.25) is 4.79 Å². The largest absolute Gasteiger partial charge is 0.315 e. The molecule has 1 fully saturated rings. The van der Waals surface area contributed by atoms with Gasteiger partial charge in [0.2, 0.25) is 0 Å². The molecule has 0 saturated heterocycles. The van der Waals surface area contributed by atoms with E-state index in [1.807, 2.05) is 16.7 Å². The van der Waals surface area contributed by atoms with Crippen molar-refractivity contribution in [3.05, 3.63) is 43.1 Å². The maximum atomic E-state index is 11.0. The summed E-state index contributed by atoms with van der Waals surface area (Å²) in [5.74, 6) is 0.777. The van der Waals surface area contributed by atoms with Crippen LogP contribution in [0.3, 0.4) is 0 Å². The summed E-state index contributed by atoms with van der Waals surface area (Å²) in [6, 6.07) is 4.75. The van der Waals surface area contributed by atoms with Gasteiger partial charge in [0.1, 0.15) is 0 Å². The Morgan fingerprint density at radius 1 is 1.47 bits per heavy atom. The van der Waals surface area contributed by atoms with Crippen LogP contribution in [0.15, 0.2) is 27.7 Å². The smallest absolute Gasteiger partial charge is 0.304 e. The molecule has 1 unspecified atom stereocenters. The quantitative estimate of drug-likeness (QED) is 0.874. The van der Waals surface area contributed by atoms with Crippen LogP contribution in [0.2, 0.25) is 0 Å². The number of thiazole rings is 1. The van der Waals surface area contributed by atoms with Gasteiger partial charge in [-0.1, -0.05) is 17.4 Å². The zero-order valence-corrected chi connectivity index (χ0v) is 10.9. The summed E-state index contributed by atoms with van der Waals surface area (Å²) in [5, 5.41) is 7.58. The van der Waals surface area contributed by atoms with E-state index in [0.29, 0.717) is 6.04 Å². The molecule has 0 spiro atoms. The second kappa shape index (κ2) is 4.76. The molecule has 17 heavy (non-hydrogen) atoms. The Bertz CT molecular complexity index is 525. The van der Waals surface area contributed by atoms with Gasteiger partial charge in [0, 0.05) is 28.5 Å². The van der Waals surface area contributed by atoms with E-state index in [1.54, 1.807) is 0 Å². The molecule has 0 bridgehead atoms. The van der Waals surface area contributed by atoms with Gasteiger partial charge in [-0.25, -0.2) is 0 Å². The van der Waals surface area contributed by atoms with Crippen LogP contribution in [0.5, 0.6) is 0 Å². The Morgan fingerprint density at radius 3 is 2.94 bits per heavy atom. The zero-order valence-electron chi connectivity index (χ0n) is 9.31. The highest BCUT2D eigenvalue weighted by Gasteiger charge is 2.32. The molecule has 90 valence electrons. The summed E-state index contributed by atoms with van der Waals surface area (Å²) in [6.07, 6.45) is 2.63. The number of nitrogens with one attached hydrogen (secondary N) is 2. The van der Waals surface area contributed by atoms with E-state index in [-0.39, 0.29) is 4.87 Å². The SMILES string of the molecule is O=c1[nH]c(CNC(c2cccs2)C2CC2)cs1. The lowest BCUT2D eigenvalue weighted by Gasteiger charge is -2.16. The summed E-state index contributed by atoms with van der Waals surface area (Å²) in [4.78, 5) is 15.3. The van der Waals surface area contributed by atoms with Crippen LogP contribution in [0.4, 0.5) is 0 Å². The monoisotopic (exact) mass is 266 g/mol. The predicted molar refractivity (Wildman–Crippen MR) is 71.6 cm³/mol. The minimum atomic E-state index is 0.0286. The second-order valence-corrected chi connectivity index (χ2v) is 6.21. The highest BCUT2D eigenvalue weighted by Crippen LogP contribution is 2.42. The second-order valence-electron chi connectivity index (χ2n) is 4.38. The van der Waals surface area contributed by atoms with Gasteiger partial charge in [-0.15, -0.1) is 11.3 Å². The van der Waals surface area contributed by atoms with Gasteiger partial charge < -0.3 is 10.3 Å². The fraction of sp³-hybridized carbons (Fsp3) is 0.417. The Labute approximate surface area is 108 Å². The molecule has 1 saturated carbocycles. The molecule has 3 rings (SSSR count). The number of H-pyrrole nitrogens is 1. The number of thiophene rings is 1. The van der Waals surface area contributed by atoms with Crippen molar-refractivity contribution in [1.82, 2.24) is 10.3 Å². The van der Waals surface area contributed by atoms with Crippen molar-refractivity contribution in [3.8, 4) is 0 Å². The van der Waals surface area contributed by atoms with E-state index < -0.39 is 0 Å². The molecule has 1 atom stereocenters. The first-order valence-electron chi connectivity index (χ1n) is 5.76. The number of rotatable bonds is 5. The summed E-state index contributed by atoms with van der Waals surface area (Å²) < 4.78 is 0. The molecule has 2 aromatic rings. The fourth-order valence-corrected chi connectivity index (χ4v) is 3.49. The van der Waals surface area contributed by atoms with Crippen LogP contribution in [-0.2, 0) is 6.54 Å². The van der Waals surface area contributed by atoms with E-state index in [4.69, 9.17) is 0 Å². The normalized spacial score (nSPS) is 17.2. The molecule has 2 N–H and O–H groups in total. The van der Waals surface area contributed by atoms with Gasteiger partial charge >= 0.3 is 4.87 Å². The van der Waals surface area contributed by atoms with Crippen LogP contribution in [0.25, 0.3) is 0 Å². The highest BCUT2D eigenvalue weighted by molar-refractivity contribution is 7.10. The Kier molecular flexibility index (Phi) is 3.13. The lowest BCUT2D eigenvalue weighted by molar-refractivity contribution is 0.484. The van der Waals surface area contributed by atoms with Gasteiger partial charge in [0.15, 0.2) is 0 Å². The minimum absolute atomic E-state index is 0.0286. The fourth-order valence-electron chi connectivity index (χ4n) is 2.02. The Morgan fingerprint density at radius 2 is 2.35 bits per heavy atom. The zero-order chi connectivity index (χ0) is 11.7. The molecule has 0 amide bonds. The number of aromatic nitrogens is 1. The highest BCUT2D eigenvalue weighted by atomic mass is 32.1.